The molecule has 0 unspecified atom stereocenters. The second kappa shape index (κ2) is 7.04. The van der Waals surface area contributed by atoms with E-state index in [0.29, 0.717) is 12.1 Å². The van der Waals surface area contributed by atoms with Crippen LogP contribution >= 0.6 is 0 Å². The minimum atomic E-state index is -0.234. The Balaban J connectivity index is 1.54. The van der Waals surface area contributed by atoms with Crippen LogP contribution in [0.5, 0.6) is 0 Å². The van der Waals surface area contributed by atoms with Gasteiger partial charge in [-0.3, -0.25) is 4.79 Å². The number of hydrogen-bond donors (Lipinski definition) is 1. The highest BCUT2D eigenvalue weighted by Crippen LogP contribution is 2.35. The average Bonchev–Trinajstić information content (AvgIpc) is 3.53. The number of benzene rings is 2. The smallest absolute Gasteiger partial charge is 0.223 e. The van der Waals surface area contributed by atoms with Crippen molar-refractivity contribution in [3.8, 4) is 6.07 Å². The van der Waals surface area contributed by atoms with Crippen molar-refractivity contribution in [2.75, 3.05) is 0 Å². The normalized spacial score (nSPS) is 18.3. The summed E-state index contributed by atoms with van der Waals surface area (Å²) in [5.74, 6) is 0.151. The van der Waals surface area contributed by atoms with E-state index in [1.165, 1.54) is 17.3 Å². The van der Waals surface area contributed by atoms with Crippen molar-refractivity contribution in [3.05, 3.63) is 70.7 Å². The molecule has 2 aromatic carbocycles. The molecule has 0 radical (unpaired) electrons. The molecule has 0 spiro atoms. The van der Waals surface area contributed by atoms with Crippen LogP contribution < -0.4 is 5.32 Å². The Kier molecular flexibility index (Phi) is 4.35. The summed E-state index contributed by atoms with van der Waals surface area (Å²) >= 11 is 0. The van der Waals surface area contributed by atoms with Gasteiger partial charge in [0.1, 0.15) is 5.82 Å². The van der Waals surface area contributed by atoms with Gasteiger partial charge < -0.3 is 9.88 Å². The molecule has 1 fully saturated rings. The van der Waals surface area contributed by atoms with Crippen molar-refractivity contribution in [2.24, 2.45) is 5.92 Å². The molecule has 146 valence electrons. The third-order valence-electron chi connectivity index (χ3n) is 6.12. The molecule has 0 saturated heterocycles. The number of nitrogens with zero attached hydrogens (tertiary/aromatic N) is 2. The standard InChI is InChI=1S/C24H22FN3O/c25-18-3-1-2-16(10-18)14-28-22-8-4-15(13-26)11-20(22)21-12-19(7-9-23(21)28)27-24(29)17-5-6-17/h1-4,8,10-11,17,19H,5-7,9,12,14H2,(H,27,29)/t19-/m1/s1. The Bertz CT molecular complexity index is 1150. The maximum absolute atomic E-state index is 13.7. The van der Waals surface area contributed by atoms with Crippen LogP contribution in [0.3, 0.4) is 0 Å². The van der Waals surface area contributed by atoms with Crippen molar-refractivity contribution in [3.63, 3.8) is 0 Å². The lowest BCUT2D eigenvalue weighted by Crippen LogP contribution is -2.39. The Morgan fingerprint density at radius 2 is 2.07 bits per heavy atom. The number of halogens is 1. The average molecular weight is 387 g/mol. The molecule has 3 aromatic rings. The van der Waals surface area contributed by atoms with Crippen LogP contribution in [0, 0.1) is 23.1 Å². The summed E-state index contributed by atoms with van der Waals surface area (Å²) < 4.78 is 16.0. The first-order chi connectivity index (χ1) is 14.1. The first kappa shape index (κ1) is 17.9. The molecular weight excluding hydrogens is 365 g/mol. The zero-order valence-corrected chi connectivity index (χ0v) is 16.1. The molecule has 0 bridgehead atoms. The summed E-state index contributed by atoms with van der Waals surface area (Å²) in [6.45, 7) is 0.592. The Labute approximate surface area is 168 Å². The summed E-state index contributed by atoms with van der Waals surface area (Å²) in [6.07, 6.45) is 4.53. The second-order valence-electron chi connectivity index (χ2n) is 8.21. The van der Waals surface area contributed by atoms with E-state index in [4.69, 9.17) is 0 Å². The molecule has 4 nitrogen and oxygen atoms in total. The van der Waals surface area contributed by atoms with E-state index >= 15 is 0 Å². The van der Waals surface area contributed by atoms with E-state index in [1.807, 2.05) is 24.3 Å². The van der Waals surface area contributed by atoms with Crippen molar-refractivity contribution in [2.45, 2.75) is 44.7 Å². The fourth-order valence-corrected chi connectivity index (χ4v) is 4.51. The lowest BCUT2D eigenvalue weighted by atomic mass is 9.91. The molecule has 1 heterocycles. The van der Waals surface area contributed by atoms with Crippen LogP contribution in [0.25, 0.3) is 10.9 Å². The number of carbonyl (C=O) groups is 1. The van der Waals surface area contributed by atoms with Crippen LogP contribution in [0.15, 0.2) is 42.5 Å². The highest BCUT2D eigenvalue weighted by molar-refractivity contribution is 5.87. The molecule has 1 N–H and O–H groups in total. The second-order valence-corrected chi connectivity index (χ2v) is 8.21. The summed E-state index contributed by atoms with van der Waals surface area (Å²) in [5.41, 5.74) is 5.05. The fraction of sp³-hybridized carbons (Fsp3) is 0.333. The highest BCUT2D eigenvalue weighted by atomic mass is 19.1. The number of carbonyl (C=O) groups excluding carboxylic acids is 1. The minimum Gasteiger partial charge on any atom is -0.353 e. The van der Waals surface area contributed by atoms with Gasteiger partial charge in [0.25, 0.3) is 0 Å². The first-order valence-corrected chi connectivity index (χ1v) is 10.2. The third kappa shape index (κ3) is 3.40. The van der Waals surface area contributed by atoms with Gasteiger partial charge in [-0.05, 0) is 73.6 Å². The van der Waals surface area contributed by atoms with Gasteiger partial charge in [0.2, 0.25) is 5.91 Å². The topological polar surface area (TPSA) is 57.8 Å². The molecule has 1 amide bonds. The van der Waals surface area contributed by atoms with Crippen LogP contribution in [-0.2, 0) is 24.2 Å². The monoisotopic (exact) mass is 387 g/mol. The molecule has 1 aromatic heterocycles. The lowest BCUT2D eigenvalue weighted by molar-refractivity contribution is -0.123. The van der Waals surface area contributed by atoms with E-state index in [1.54, 1.807) is 12.1 Å². The molecule has 0 aliphatic heterocycles. The van der Waals surface area contributed by atoms with Gasteiger partial charge in [-0.15, -0.1) is 0 Å². The van der Waals surface area contributed by atoms with Gasteiger partial charge in [-0.25, -0.2) is 4.39 Å². The van der Waals surface area contributed by atoms with Crippen molar-refractivity contribution in [1.82, 2.24) is 9.88 Å². The largest absolute Gasteiger partial charge is 0.353 e. The quantitative estimate of drug-likeness (QED) is 0.733. The van der Waals surface area contributed by atoms with Gasteiger partial charge in [0, 0.05) is 35.1 Å². The summed E-state index contributed by atoms with van der Waals surface area (Å²) in [6, 6.07) is 14.8. The van der Waals surface area contributed by atoms with Gasteiger partial charge in [0.15, 0.2) is 0 Å². The van der Waals surface area contributed by atoms with E-state index < -0.39 is 0 Å². The summed E-state index contributed by atoms with van der Waals surface area (Å²) in [4.78, 5) is 12.2. The molecule has 29 heavy (non-hydrogen) atoms. The van der Waals surface area contributed by atoms with E-state index in [2.05, 4.69) is 16.0 Å². The number of nitrogens with one attached hydrogen (secondary N) is 1. The molecule has 1 atom stereocenters. The van der Waals surface area contributed by atoms with Crippen molar-refractivity contribution < 1.29 is 9.18 Å². The molecular formula is C24H22FN3O. The summed E-state index contributed by atoms with van der Waals surface area (Å²) in [7, 11) is 0. The van der Waals surface area contributed by atoms with Gasteiger partial charge in [0.05, 0.1) is 11.6 Å². The fourth-order valence-electron chi connectivity index (χ4n) is 4.51. The van der Waals surface area contributed by atoms with Crippen LogP contribution in [0.2, 0.25) is 0 Å². The van der Waals surface area contributed by atoms with Crippen molar-refractivity contribution in [1.29, 1.82) is 5.26 Å². The van der Waals surface area contributed by atoms with Gasteiger partial charge in [-0.2, -0.15) is 5.26 Å². The van der Waals surface area contributed by atoms with E-state index in [9.17, 15) is 14.4 Å². The molecule has 2 aliphatic rings. The number of fused-ring (bicyclic) bond motifs is 3. The Hall–Kier alpha value is -3.13. The maximum Gasteiger partial charge on any atom is 0.223 e. The van der Waals surface area contributed by atoms with Crippen LogP contribution in [-0.4, -0.2) is 16.5 Å². The van der Waals surface area contributed by atoms with Gasteiger partial charge >= 0.3 is 0 Å². The van der Waals surface area contributed by atoms with Crippen LogP contribution in [0.4, 0.5) is 4.39 Å². The molecule has 1 saturated carbocycles. The van der Waals surface area contributed by atoms with E-state index in [-0.39, 0.29) is 23.7 Å². The molecule has 2 aliphatic carbocycles. The van der Waals surface area contributed by atoms with Crippen LogP contribution in [0.1, 0.15) is 41.6 Å². The zero-order chi connectivity index (χ0) is 20.0. The Morgan fingerprint density at radius 3 is 2.83 bits per heavy atom. The number of nitriles is 1. The van der Waals surface area contributed by atoms with Crippen molar-refractivity contribution >= 4 is 16.8 Å². The first-order valence-electron chi connectivity index (χ1n) is 10.2. The number of rotatable bonds is 4. The number of aromatic nitrogens is 1. The number of amides is 1. The molecule has 5 rings (SSSR count). The predicted octanol–water partition coefficient (Wildman–Crippen LogP) is 4.08. The minimum absolute atomic E-state index is 0.134. The molecule has 5 heteroatoms. The maximum atomic E-state index is 13.7. The summed E-state index contributed by atoms with van der Waals surface area (Å²) in [5, 5.41) is 13.6. The Morgan fingerprint density at radius 1 is 1.21 bits per heavy atom. The highest BCUT2D eigenvalue weighted by Gasteiger charge is 2.33. The predicted molar refractivity (Wildman–Crippen MR) is 109 cm³/mol. The zero-order valence-electron chi connectivity index (χ0n) is 16.1. The number of hydrogen-bond acceptors (Lipinski definition) is 2. The SMILES string of the molecule is N#Cc1ccc2c(c1)c1c(n2Cc2cccc(F)c2)CC[C@@H](NC(=O)C2CC2)C1. The van der Waals surface area contributed by atoms with E-state index in [0.717, 1.165) is 48.6 Å². The third-order valence-corrected chi connectivity index (χ3v) is 6.12. The van der Waals surface area contributed by atoms with Gasteiger partial charge in [-0.1, -0.05) is 12.1 Å². The lowest BCUT2D eigenvalue weighted by Gasteiger charge is -2.25.